The molecule has 1 nitrogen and oxygen atoms in total. The topological polar surface area (TPSA) is 26.0 Å². The van der Waals surface area contributed by atoms with Crippen LogP contribution >= 0.6 is 0 Å². The van der Waals surface area contributed by atoms with E-state index in [4.69, 9.17) is 5.73 Å². The second kappa shape index (κ2) is 3.51. The second-order valence-electron chi connectivity index (χ2n) is 4.11. The first-order valence-corrected chi connectivity index (χ1v) is 5.09. The fraction of sp³-hybridized carbons (Fsp3) is 0.500. The highest BCUT2D eigenvalue weighted by molar-refractivity contribution is 5.26. The summed E-state index contributed by atoms with van der Waals surface area (Å²) in [6.07, 6.45) is 3.75. The van der Waals surface area contributed by atoms with Gasteiger partial charge in [0.1, 0.15) is 0 Å². The van der Waals surface area contributed by atoms with Crippen LogP contribution in [0.2, 0.25) is 0 Å². The van der Waals surface area contributed by atoms with Crippen LogP contribution in [0.15, 0.2) is 24.3 Å². The monoisotopic (exact) mass is 175 g/mol. The zero-order valence-electron chi connectivity index (χ0n) is 8.16. The van der Waals surface area contributed by atoms with Crippen LogP contribution in [-0.2, 0) is 0 Å². The first kappa shape index (κ1) is 8.76. The summed E-state index contributed by atoms with van der Waals surface area (Å²) in [5.41, 5.74) is 8.80. The standard InChI is InChI=1S/C12H17N/c1-9-5-7-10(8-6-9)11-3-2-4-12(11)13/h5-8,11-12H,2-4,13H2,1H3/t11-,12+/m1/s1. The number of aryl methyl sites for hydroxylation is 1. The molecule has 2 atom stereocenters. The van der Waals surface area contributed by atoms with E-state index in [0.29, 0.717) is 12.0 Å². The van der Waals surface area contributed by atoms with Crippen LogP contribution < -0.4 is 5.73 Å². The molecule has 1 fully saturated rings. The number of nitrogens with two attached hydrogens (primary N) is 1. The van der Waals surface area contributed by atoms with Crippen molar-refractivity contribution in [1.82, 2.24) is 0 Å². The summed E-state index contributed by atoms with van der Waals surface area (Å²) in [5.74, 6) is 0.612. The third-order valence-corrected chi connectivity index (χ3v) is 3.07. The van der Waals surface area contributed by atoms with Gasteiger partial charge in [-0.25, -0.2) is 0 Å². The van der Waals surface area contributed by atoms with Gasteiger partial charge >= 0.3 is 0 Å². The fourth-order valence-electron chi connectivity index (χ4n) is 2.22. The third-order valence-electron chi connectivity index (χ3n) is 3.07. The van der Waals surface area contributed by atoms with Crippen LogP contribution in [0.5, 0.6) is 0 Å². The van der Waals surface area contributed by atoms with E-state index < -0.39 is 0 Å². The molecule has 2 rings (SSSR count). The van der Waals surface area contributed by atoms with Crippen LogP contribution in [0.25, 0.3) is 0 Å². The van der Waals surface area contributed by atoms with E-state index in [1.54, 1.807) is 0 Å². The molecule has 0 heterocycles. The molecule has 0 bridgehead atoms. The van der Waals surface area contributed by atoms with E-state index in [2.05, 4.69) is 31.2 Å². The van der Waals surface area contributed by atoms with E-state index in [-0.39, 0.29) is 0 Å². The van der Waals surface area contributed by atoms with Gasteiger partial charge in [0.2, 0.25) is 0 Å². The van der Waals surface area contributed by atoms with Gasteiger partial charge in [-0.3, -0.25) is 0 Å². The number of rotatable bonds is 1. The van der Waals surface area contributed by atoms with Crippen LogP contribution in [-0.4, -0.2) is 6.04 Å². The minimum Gasteiger partial charge on any atom is -0.327 e. The molecule has 13 heavy (non-hydrogen) atoms. The molecule has 1 saturated carbocycles. The molecule has 1 aliphatic rings. The molecule has 0 spiro atoms. The lowest BCUT2D eigenvalue weighted by Crippen LogP contribution is -2.22. The lowest BCUT2D eigenvalue weighted by atomic mass is 9.94. The van der Waals surface area contributed by atoms with Gasteiger partial charge in [0.15, 0.2) is 0 Å². The minimum absolute atomic E-state index is 0.391. The zero-order valence-corrected chi connectivity index (χ0v) is 8.16. The molecule has 0 unspecified atom stereocenters. The Kier molecular flexibility index (Phi) is 2.36. The largest absolute Gasteiger partial charge is 0.327 e. The molecule has 1 aromatic carbocycles. The van der Waals surface area contributed by atoms with Crippen LogP contribution in [0.1, 0.15) is 36.3 Å². The average molecular weight is 175 g/mol. The first-order valence-electron chi connectivity index (χ1n) is 5.09. The predicted molar refractivity (Wildman–Crippen MR) is 55.7 cm³/mol. The summed E-state index contributed by atoms with van der Waals surface area (Å²) in [4.78, 5) is 0. The Morgan fingerprint density at radius 3 is 2.38 bits per heavy atom. The summed E-state index contributed by atoms with van der Waals surface area (Å²) in [6, 6.07) is 9.21. The Balaban J connectivity index is 2.20. The van der Waals surface area contributed by atoms with Crippen molar-refractivity contribution in [1.29, 1.82) is 0 Å². The molecule has 1 aromatic rings. The minimum atomic E-state index is 0.391. The third kappa shape index (κ3) is 1.75. The fourth-order valence-corrected chi connectivity index (χ4v) is 2.22. The summed E-state index contributed by atoms with van der Waals surface area (Å²) in [6.45, 7) is 2.12. The molecule has 0 aromatic heterocycles. The van der Waals surface area contributed by atoms with Crippen LogP contribution in [0.3, 0.4) is 0 Å². The molecule has 0 aliphatic heterocycles. The Labute approximate surface area is 80.0 Å². The summed E-state index contributed by atoms with van der Waals surface area (Å²) in [7, 11) is 0. The molecule has 0 amide bonds. The van der Waals surface area contributed by atoms with E-state index in [0.717, 1.165) is 0 Å². The summed E-state index contributed by atoms with van der Waals surface area (Å²) in [5, 5.41) is 0. The quantitative estimate of drug-likeness (QED) is 0.697. The van der Waals surface area contributed by atoms with Crippen molar-refractivity contribution >= 4 is 0 Å². The normalized spacial score (nSPS) is 27.8. The number of hydrogen-bond donors (Lipinski definition) is 1. The van der Waals surface area contributed by atoms with Crippen LogP contribution in [0.4, 0.5) is 0 Å². The van der Waals surface area contributed by atoms with Crippen molar-refractivity contribution in [3.05, 3.63) is 35.4 Å². The first-order chi connectivity index (χ1) is 6.27. The van der Waals surface area contributed by atoms with Gasteiger partial charge in [-0.15, -0.1) is 0 Å². The zero-order chi connectivity index (χ0) is 9.26. The summed E-state index contributed by atoms with van der Waals surface area (Å²) < 4.78 is 0. The maximum Gasteiger partial charge on any atom is 0.0108 e. The molecular formula is C12H17N. The van der Waals surface area contributed by atoms with Crippen LogP contribution in [0, 0.1) is 6.92 Å². The molecule has 1 aliphatic carbocycles. The Morgan fingerprint density at radius 1 is 1.15 bits per heavy atom. The van der Waals surface area contributed by atoms with E-state index >= 15 is 0 Å². The highest BCUT2D eigenvalue weighted by Gasteiger charge is 2.24. The smallest absolute Gasteiger partial charge is 0.0108 e. The van der Waals surface area contributed by atoms with Gasteiger partial charge in [-0.2, -0.15) is 0 Å². The van der Waals surface area contributed by atoms with Gasteiger partial charge in [0.25, 0.3) is 0 Å². The van der Waals surface area contributed by atoms with Gasteiger partial charge in [0.05, 0.1) is 0 Å². The lowest BCUT2D eigenvalue weighted by Gasteiger charge is -2.15. The molecule has 0 saturated heterocycles. The maximum atomic E-state index is 6.05. The van der Waals surface area contributed by atoms with Gasteiger partial charge < -0.3 is 5.73 Å². The Hall–Kier alpha value is -0.820. The number of hydrogen-bond acceptors (Lipinski definition) is 1. The van der Waals surface area contributed by atoms with E-state index in [1.807, 2.05) is 0 Å². The highest BCUT2D eigenvalue weighted by Crippen LogP contribution is 2.33. The van der Waals surface area contributed by atoms with Crippen molar-refractivity contribution < 1.29 is 0 Å². The molecule has 70 valence electrons. The highest BCUT2D eigenvalue weighted by atomic mass is 14.7. The Bertz CT molecular complexity index is 276. The second-order valence-corrected chi connectivity index (χ2v) is 4.11. The molecular weight excluding hydrogens is 158 g/mol. The molecule has 2 N–H and O–H groups in total. The van der Waals surface area contributed by atoms with Crippen molar-refractivity contribution in [2.24, 2.45) is 5.73 Å². The SMILES string of the molecule is Cc1ccc([C@H]2CCC[C@@H]2N)cc1. The molecule has 0 radical (unpaired) electrons. The predicted octanol–water partition coefficient (Wildman–Crippen LogP) is 2.59. The molecule has 1 heteroatoms. The van der Waals surface area contributed by atoms with E-state index in [9.17, 15) is 0 Å². The van der Waals surface area contributed by atoms with Crippen molar-refractivity contribution in [3.63, 3.8) is 0 Å². The van der Waals surface area contributed by atoms with E-state index in [1.165, 1.54) is 30.4 Å². The van der Waals surface area contributed by atoms with Crippen molar-refractivity contribution in [2.45, 2.75) is 38.1 Å². The average Bonchev–Trinajstić information content (AvgIpc) is 2.53. The van der Waals surface area contributed by atoms with Crippen molar-refractivity contribution in [2.75, 3.05) is 0 Å². The lowest BCUT2D eigenvalue weighted by molar-refractivity contribution is 0.613. The van der Waals surface area contributed by atoms with Gasteiger partial charge in [-0.1, -0.05) is 36.2 Å². The number of benzene rings is 1. The van der Waals surface area contributed by atoms with Gasteiger partial charge in [-0.05, 0) is 31.2 Å². The summed E-state index contributed by atoms with van der Waals surface area (Å²) >= 11 is 0. The van der Waals surface area contributed by atoms with Crippen molar-refractivity contribution in [3.8, 4) is 0 Å². The van der Waals surface area contributed by atoms with Gasteiger partial charge in [0, 0.05) is 6.04 Å². The maximum absolute atomic E-state index is 6.05. The Morgan fingerprint density at radius 2 is 1.85 bits per heavy atom.